The van der Waals surface area contributed by atoms with Crippen molar-refractivity contribution in [2.24, 2.45) is 0 Å². The normalized spacial score (nSPS) is 28.9. The van der Waals surface area contributed by atoms with Gasteiger partial charge in [-0.1, -0.05) is 22.0 Å². The van der Waals surface area contributed by atoms with Gasteiger partial charge in [0.05, 0.1) is 6.04 Å². The molecule has 2 atom stereocenters. The molecule has 15 heavy (non-hydrogen) atoms. The molecule has 0 spiro atoms. The van der Waals surface area contributed by atoms with Gasteiger partial charge >= 0.3 is 0 Å². The number of anilines is 1. The SMILES string of the molecule is O=C1C2CC(CN1c1cccc(Br)c1)N2. The van der Waals surface area contributed by atoms with Crippen LogP contribution in [0.25, 0.3) is 0 Å². The molecular weight excluding hydrogens is 256 g/mol. The lowest BCUT2D eigenvalue weighted by atomic mass is 9.90. The number of halogens is 1. The monoisotopic (exact) mass is 266 g/mol. The van der Waals surface area contributed by atoms with Crippen LogP contribution in [-0.4, -0.2) is 24.5 Å². The summed E-state index contributed by atoms with van der Waals surface area (Å²) >= 11 is 3.42. The molecule has 3 saturated heterocycles. The van der Waals surface area contributed by atoms with Gasteiger partial charge in [-0.25, -0.2) is 0 Å². The van der Waals surface area contributed by atoms with Crippen molar-refractivity contribution in [2.45, 2.75) is 18.5 Å². The number of carbonyl (C=O) groups excluding carboxylic acids is 1. The molecule has 0 aliphatic carbocycles. The largest absolute Gasteiger partial charge is 0.309 e. The van der Waals surface area contributed by atoms with Crippen LogP contribution in [-0.2, 0) is 4.79 Å². The predicted molar refractivity (Wildman–Crippen MR) is 61.8 cm³/mol. The van der Waals surface area contributed by atoms with E-state index in [4.69, 9.17) is 0 Å². The molecule has 1 N–H and O–H groups in total. The quantitative estimate of drug-likeness (QED) is 0.836. The number of piperazine rings is 1. The fourth-order valence-electron chi connectivity index (χ4n) is 2.22. The number of benzene rings is 1. The van der Waals surface area contributed by atoms with Crippen LogP contribution in [0.2, 0.25) is 0 Å². The number of rotatable bonds is 1. The highest BCUT2D eigenvalue weighted by atomic mass is 79.9. The first-order chi connectivity index (χ1) is 7.24. The summed E-state index contributed by atoms with van der Waals surface area (Å²) in [5, 5.41) is 3.24. The van der Waals surface area contributed by atoms with Crippen molar-refractivity contribution < 1.29 is 4.79 Å². The number of fused-ring (bicyclic) bond motifs is 2. The smallest absolute Gasteiger partial charge is 0.244 e. The van der Waals surface area contributed by atoms with Gasteiger partial charge in [-0.3, -0.25) is 4.79 Å². The van der Waals surface area contributed by atoms with Crippen molar-refractivity contribution >= 4 is 27.5 Å². The molecule has 78 valence electrons. The first-order valence-corrected chi connectivity index (χ1v) is 5.86. The van der Waals surface area contributed by atoms with E-state index in [1.165, 1.54) is 0 Å². The van der Waals surface area contributed by atoms with E-state index >= 15 is 0 Å². The molecular formula is C11H11BrN2O. The summed E-state index contributed by atoms with van der Waals surface area (Å²) in [5.74, 6) is 0.204. The molecule has 0 saturated carbocycles. The van der Waals surface area contributed by atoms with E-state index in [0.717, 1.165) is 23.1 Å². The van der Waals surface area contributed by atoms with Crippen LogP contribution in [0.15, 0.2) is 28.7 Å². The maximum absolute atomic E-state index is 11.9. The van der Waals surface area contributed by atoms with Crippen LogP contribution in [0.1, 0.15) is 6.42 Å². The van der Waals surface area contributed by atoms with Gasteiger partial charge in [-0.2, -0.15) is 0 Å². The minimum Gasteiger partial charge on any atom is -0.309 e. The first-order valence-electron chi connectivity index (χ1n) is 5.07. The Hall–Kier alpha value is -0.870. The van der Waals surface area contributed by atoms with Crippen molar-refractivity contribution in [3.05, 3.63) is 28.7 Å². The molecule has 0 aromatic heterocycles. The van der Waals surface area contributed by atoms with E-state index < -0.39 is 0 Å². The lowest BCUT2D eigenvalue weighted by Crippen LogP contribution is -2.70. The van der Waals surface area contributed by atoms with Crippen molar-refractivity contribution in [1.29, 1.82) is 0 Å². The molecule has 1 aromatic rings. The molecule has 3 nitrogen and oxygen atoms in total. The van der Waals surface area contributed by atoms with Crippen LogP contribution >= 0.6 is 15.9 Å². The van der Waals surface area contributed by atoms with Crippen LogP contribution in [0.4, 0.5) is 5.69 Å². The summed E-state index contributed by atoms with van der Waals surface area (Å²) in [5.41, 5.74) is 0.991. The van der Waals surface area contributed by atoms with Crippen LogP contribution in [0.5, 0.6) is 0 Å². The Morgan fingerprint density at radius 2 is 2.27 bits per heavy atom. The van der Waals surface area contributed by atoms with Gasteiger partial charge in [0.2, 0.25) is 5.91 Å². The summed E-state index contributed by atoms with van der Waals surface area (Å²) in [6.45, 7) is 0.797. The molecule has 0 radical (unpaired) electrons. The minimum atomic E-state index is 0.0581. The summed E-state index contributed by atoms with van der Waals surface area (Å²) < 4.78 is 1.01. The number of hydrogen-bond acceptors (Lipinski definition) is 2. The van der Waals surface area contributed by atoms with Crippen molar-refractivity contribution in [3.63, 3.8) is 0 Å². The Morgan fingerprint density at radius 3 is 2.93 bits per heavy atom. The zero-order valence-electron chi connectivity index (χ0n) is 8.11. The summed E-state index contributed by atoms with van der Waals surface area (Å²) in [6.07, 6.45) is 1.00. The van der Waals surface area contributed by atoms with Gasteiger partial charge in [0.15, 0.2) is 0 Å². The standard InChI is InChI=1S/C11H11BrN2O/c12-7-2-1-3-9(4-7)14-6-8-5-10(13-8)11(14)15/h1-4,8,10,13H,5-6H2. The zero-order valence-corrected chi connectivity index (χ0v) is 9.70. The minimum absolute atomic E-state index is 0.0581. The summed E-state index contributed by atoms with van der Waals surface area (Å²) in [4.78, 5) is 13.8. The van der Waals surface area contributed by atoms with Gasteiger partial charge in [-0.05, 0) is 24.6 Å². The molecule has 3 fully saturated rings. The molecule has 1 amide bonds. The van der Waals surface area contributed by atoms with E-state index in [-0.39, 0.29) is 11.9 Å². The number of nitrogens with one attached hydrogen (secondary N) is 1. The van der Waals surface area contributed by atoms with Crippen molar-refractivity contribution in [2.75, 3.05) is 11.4 Å². The van der Waals surface area contributed by atoms with E-state index in [1.807, 2.05) is 29.2 Å². The molecule has 3 aliphatic heterocycles. The van der Waals surface area contributed by atoms with E-state index in [9.17, 15) is 4.79 Å². The van der Waals surface area contributed by atoms with Crippen LogP contribution in [0, 0.1) is 0 Å². The zero-order chi connectivity index (χ0) is 10.4. The molecule has 4 rings (SSSR count). The average Bonchev–Trinajstić information content (AvgIpc) is 2.16. The Bertz CT molecular complexity index is 415. The third-order valence-corrected chi connectivity index (χ3v) is 3.54. The van der Waals surface area contributed by atoms with E-state index in [0.29, 0.717) is 6.04 Å². The number of hydrogen-bond donors (Lipinski definition) is 1. The Morgan fingerprint density at radius 1 is 1.47 bits per heavy atom. The predicted octanol–water partition coefficient (Wildman–Crippen LogP) is 1.53. The second kappa shape index (κ2) is 3.32. The second-order valence-electron chi connectivity index (χ2n) is 4.08. The number of nitrogens with zero attached hydrogens (tertiary/aromatic N) is 1. The Kier molecular flexibility index (Phi) is 2.07. The third-order valence-electron chi connectivity index (χ3n) is 3.04. The molecule has 4 heteroatoms. The lowest BCUT2D eigenvalue weighted by Gasteiger charge is -2.47. The number of carbonyl (C=O) groups is 1. The summed E-state index contributed by atoms with van der Waals surface area (Å²) in [7, 11) is 0. The molecule has 2 unspecified atom stereocenters. The maximum atomic E-state index is 11.9. The number of piperidine rings is 1. The molecule has 1 aromatic carbocycles. The lowest BCUT2D eigenvalue weighted by molar-refractivity contribution is -0.125. The highest BCUT2D eigenvalue weighted by molar-refractivity contribution is 9.10. The van der Waals surface area contributed by atoms with E-state index in [2.05, 4.69) is 21.2 Å². The third kappa shape index (κ3) is 1.48. The van der Waals surface area contributed by atoms with Gasteiger partial charge in [0, 0.05) is 22.7 Å². The highest BCUT2D eigenvalue weighted by Gasteiger charge is 2.43. The van der Waals surface area contributed by atoms with Crippen molar-refractivity contribution in [1.82, 2.24) is 5.32 Å². The topological polar surface area (TPSA) is 32.3 Å². The van der Waals surface area contributed by atoms with Crippen molar-refractivity contribution in [3.8, 4) is 0 Å². The molecule has 3 heterocycles. The summed E-state index contributed by atoms with van der Waals surface area (Å²) in [6, 6.07) is 8.45. The maximum Gasteiger partial charge on any atom is 0.244 e. The first kappa shape index (κ1) is 9.36. The number of amides is 1. The molecule has 2 bridgehead atoms. The van der Waals surface area contributed by atoms with E-state index in [1.54, 1.807) is 0 Å². The second-order valence-corrected chi connectivity index (χ2v) is 5.00. The van der Waals surface area contributed by atoms with Crippen LogP contribution < -0.4 is 10.2 Å². The average molecular weight is 267 g/mol. The molecule has 3 aliphatic rings. The van der Waals surface area contributed by atoms with Gasteiger partial charge < -0.3 is 10.2 Å². The fourth-order valence-corrected chi connectivity index (χ4v) is 2.61. The Labute approximate surface area is 96.6 Å². The van der Waals surface area contributed by atoms with Gasteiger partial charge in [-0.15, -0.1) is 0 Å². The van der Waals surface area contributed by atoms with Crippen LogP contribution in [0.3, 0.4) is 0 Å². The fraction of sp³-hybridized carbons (Fsp3) is 0.364. The highest BCUT2D eigenvalue weighted by Crippen LogP contribution is 2.28. The van der Waals surface area contributed by atoms with Gasteiger partial charge in [0.25, 0.3) is 0 Å². The van der Waals surface area contributed by atoms with Gasteiger partial charge in [0.1, 0.15) is 0 Å². The Balaban J connectivity index is 1.91.